The van der Waals surface area contributed by atoms with Gasteiger partial charge < -0.3 is 14.5 Å². The highest BCUT2D eigenvalue weighted by molar-refractivity contribution is 5.91. The van der Waals surface area contributed by atoms with E-state index >= 15 is 0 Å². The zero-order valence-corrected chi connectivity index (χ0v) is 16.3. The summed E-state index contributed by atoms with van der Waals surface area (Å²) < 4.78 is 4.38. The van der Waals surface area contributed by atoms with Gasteiger partial charge in [0.05, 0.1) is 5.69 Å². The van der Waals surface area contributed by atoms with Gasteiger partial charge in [0.15, 0.2) is 0 Å². The highest BCUT2D eigenvalue weighted by Gasteiger charge is 2.13. The summed E-state index contributed by atoms with van der Waals surface area (Å²) in [6, 6.07) is 18.3. The molecule has 0 fully saturated rings. The van der Waals surface area contributed by atoms with Gasteiger partial charge in [-0.3, -0.25) is 4.79 Å². The summed E-state index contributed by atoms with van der Waals surface area (Å²) in [7, 11) is 0. The first-order valence-corrected chi connectivity index (χ1v) is 10.3. The van der Waals surface area contributed by atoms with Crippen molar-refractivity contribution in [3.05, 3.63) is 72.8 Å². The van der Waals surface area contributed by atoms with E-state index < -0.39 is 0 Å². The molecule has 1 aliphatic rings. The number of aryl methyl sites for hydroxylation is 3. The molecular formula is C24H24N4O. The van der Waals surface area contributed by atoms with E-state index in [1.807, 2.05) is 36.5 Å². The molecule has 2 aromatic carbocycles. The van der Waals surface area contributed by atoms with Crippen LogP contribution in [0.4, 0.5) is 5.69 Å². The molecule has 0 aliphatic carbocycles. The maximum Gasteiger partial charge on any atom is 0.226 e. The number of imidazole rings is 1. The molecule has 5 rings (SSSR count). The molecule has 4 aromatic rings. The Hall–Kier alpha value is -3.34. The lowest BCUT2D eigenvalue weighted by molar-refractivity contribution is -0.116. The van der Waals surface area contributed by atoms with Crippen LogP contribution in [0.25, 0.3) is 22.2 Å². The quantitative estimate of drug-likeness (QED) is 0.534. The Morgan fingerprint density at radius 2 is 2.00 bits per heavy atom. The van der Waals surface area contributed by atoms with Gasteiger partial charge >= 0.3 is 0 Å². The molecule has 0 spiro atoms. The highest BCUT2D eigenvalue weighted by Crippen LogP contribution is 2.25. The van der Waals surface area contributed by atoms with E-state index in [0.717, 1.165) is 35.4 Å². The standard InChI is InChI=1S/C24H24N4O/c29-24(12-15-27-14-11-18-6-1-2-9-22(18)27)25-20-8-5-7-19(16-20)21-17-28-13-4-3-10-23(28)26-21/h1-2,5-9,11,14,16-17H,3-4,10,12-13,15H2,(H,25,29). The van der Waals surface area contributed by atoms with Crippen LogP contribution in [0.3, 0.4) is 0 Å². The number of anilines is 1. The van der Waals surface area contributed by atoms with E-state index in [9.17, 15) is 4.79 Å². The fourth-order valence-corrected chi connectivity index (χ4v) is 4.09. The van der Waals surface area contributed by atoms with E-state index in [-0.39, 0.29) is 5.91 Å². The zero-order valence-electron chi connectivity index (χ0n) is 16.3. The second-order valence-corrected chi connectivity index (χ2v) is 7.64. The van der Waals surface area contributed by atoms with E-state index in [1.54, 1.807) is 0 Å². The highest BCUT2D eigenvalue weighted by atomic mass is 16.1. The molecule has 1 amide bonds. The van der Waals surface area contributed by atoms with Crippen molar-refractivity contribution in [3.8, 4) is 11.3 Å². The van der Waals surface area contributed by atoms with Crippen molar-refractivity contribution in [1.82, 2.24) is 14.1 Å². The van der Waals surface area contributed by atoms with E-state index in [1.165, 1.54) is 24.1 Å². The van der Waals surface area contributed by atoms with Crippen molar-refractivity contribution >= 4 is 22.5 Å². The predicted molar refractivity (Wildman–Crippen MR) is 116 cm³/mol. The van der Waals surface area contributed by atoms with Gasteiger partial charge in [0.25, 0.3) is 0 Å². The van der Waals surface area contributed by atoms with Crippen LogP contribution in [-0.2, 0) is 24.3 Å². The topological polar surface area (TPSA) is 51.9 Å². The Bertz CT molecular complexity index is 1150. The van der Waals surface area contributed by atoms with Crippen molar-refractivity contribution in [3.63, 3.8) is 0 Å². The summed E-state index contributed by atoms with van der Waals surface area (Å²) in [5.41, 5.74) is 4.00. The Morgan fingerprint density at radius 3 is 2.93 bits per heavy atom. The number of aromatic nitrogens is 3. The average Bonchev–Trinajstić information content (AvgIpc) is 3.37. The van der Waals surface area contributed by atoms with Crippen LogP contribution in [0.1, 0.15) is 25.1 Å². The van der Waals surface area contributed by atoms with Crippen molar-refractivity contribution in [2.24, 2.45) is 0 Å². The zero-order chi connectivity index (χ0) is 19.6. The Kier molecular flexibility index (Phi) is 4.64. The number of benzene rings is 2. The number of fused-ring (bicyclic) bond motifs is 2. The van der Waals surface area contributed by atoms with Gasteiger partial charge in [-0.15, -0.1) is 0 Å². The van der Waals surface area contributed by atoms with Crippen LogP contribution in [-0.4, -0.2) is 20.0 Å². The first-order valence-electron chi connectivity index (χ1n) is 10.3. The third-order valence-corrected chi connectivity index (χ3v) is 5.61. The van der Waals surface area contributed by atoms with Crippen LogP contribution < -0.4 is 5.32 Å². The molecule has 0 bridgehead atoms. The van der Waals surface area contributed by atoms with Gasteiger partial charge in [-0.25, -0.2) is 4.98 Å². The normalized spacial score (nSPS) is 13.4. The molecule has 1 N–H and O–H groups in total. The van der Waals surface area contributed by atoms with Crippen molar-refractivity contribution in [2.45, 2.75) is 38.8 Å². The third kappa shape index (κ3) is 3.68. The van der Waals surface area contributed by atoms with Gasteiger partial charge in [-0.2, -0.15) is 0 Å². The van der Waals surface area contributed by atoms with Crippen molar-refractivity contribution in [1.29, 1.82) is 0 Å². The van der Waals surface area contributed by atoms with Crippen molar-refractivity contribution in [2.75, 3.05) is 5.32 Å². The molecule has 146 valence electrons. The Morgan fingerprint density at radius 1 is 1.07 bits per heavy atom. The van der Waals surface area contributed by atoms with Crippen molar-refractivity contribution < 1.29 is 4.79 Å². The summed E-state index contributed by atoms with van der Waals surface area (Å²) in [4.78, 5) is 17.3. The van der Waals surface area contributed by atoms with Crippen LogP contribution in [0.15, 0.2) is 67.0 Å². The van der Waals surface area contributed by atoms with Gasteiger partial charge in [-0.05, 0) is 42.5 Å². The number of para-hydroxylation sites is 1. The molecule has 5 heteroatoms. The average molecular weight is 384 g/mol. The summed E-state index contributed by atoms with van der Waals surface area (Å²) in [5, 5.41) is 4.24. The minimum atomic E-state index is 0.0177. The number of carbonyl (C=O) groups excluding carboxylic acids is 1. The van der Waals surface area contributed by atoms with E-state index in [2.05, 4.69) is 44.9 Å². The Balaban J connectivity index is 1.26. The lowest BCUT2D eigenvalue weighted by Crippen LogP contribution is -2.14. The maximum absolute atomic E-state index is 12.5. The number of rotatable bonds is 5. The number of amides is 1. The number of hydrogen-bond acceptors (Lipinski definition) is 2. The number of hydrogen-bond donors (Lipinski definition) is 1. The van der Waals surface area contributed by atoms with Gasteiger partial charge in [-0.1, -0.05) is 30.3 Å². The van der Waals surface area contributed by atoms with Crippen LogP contribution in [0.2, 0.25) is 0 Å². The lowest BCUT2D eigenvalue weighted by Gasteiger charge is -2.11. The number of nitrogens with one attached hydrogen (secondary N) is 1. The molecular weight excluding hydrogens is 360 g/mol. The summed E-state index contributed by atoms with van der Waals surface area (Å²) in [6.45, 7) is 1.71. The smallest absolute Gasteiger partial charge is 0.226 e. The second-order valence-electron chi connectivity index (χ2n) is 7.64. The third-order valence-electron chi connectivity index (χ3n) is 5.61. The lowest BCUT2D eigenvalue weighted by atomic mass is 10.1. The molecule has 0 unspecified atom stereocenters. The first-order chi connectivity index (χ1) is 14.3. The molecule has 2 aromatic heterocycles. The van der Waals surface area contributed by atoms with Gasteiger partial charge in [0.1, 0.15) is 5.82 Å². The molecule has 29 heavy (non-hydrogen) atoms. The molecule has 0 saturated heterocycles. The minimum Gasteiger partial charge on any atom is -0.347 e. The largest absolute Gasteiger partial charge is 0.347 e. The molecule has 3 heterocycles. The Labute approximate surface area is 170 Å². The molecule has 0 atom stereocenters. The molecule has 1 aliphatic heterocycles. The fraction of sp³-hybridized carbons (Fsp3) is 0.250. The van der Waals surface area contributed by atoms with E-state index in [4.69, 9.17) is 4.98 Å². The fourth-order valence-electron chi connectivity index (χ4n) is 4.09. The monoisotopic (exact) mass is 384 g/mol. The van der Waals surface area contributed by atoms with Crippen LogP contribution >= 0.6 is 0 Å². The van der Waals surface area contributed by atoms with Crippen LogP contribution in [0.5, 0.6) is 0 Å². The van der Waals surface area contributed by atoms with Crippen LogP contribution in [0, 0.1) is 0 Å². The number of nitrogens with zero attached hydrogens (tertiary/aromatic N) is 3. The minimum absolute atomic E-state index is 0.0177. The summed E-state index contributed by atoms with van der Waals surface area (Å²) >= 11 is 0. The van der Waals surface area contributed by atoms with Gasteiger partial charge in [0, 0.05) is 55.1 Å². The summed E-state index contributed by atoms with van der Waals surface area (Å²) in [5.74, 6) is 1.18. The second kappa shape index (κ2) is 7.59. The van der Waals surface area contributed by atoms with Gasteiger partial charge in [0.2, 0.25) is 5.91 Å². The number of carbonyl (C=O) groups is 1. The predicted octanol–water partition coefficient (Wildman–Crippen LogP) is 4.87. The maximum atomic E-state index is 12.5. The SMILES string of the molecule is O=C(CCn1ccc2ccccc21)Nc1cccc(-c2cn3c(n2)CCCC3)c1. The molecule has 0 saturated carbocycles. The molecule has 0 radical (unpaired) electrons. The summed E-state index contributed by atoms with van der Waals surface area (Å²) in [6.07, 6.45) is 8.08. The molecule has 5 nitrogen and oxygen atoms in total. The van der Waals surface area contributed by atoms with E-state index in [0.29, 0.717) is 13.0 Å². The first kappa shape index (κ1) is 17.7.